The van der Waals surface area contributed by atoms with E-state index in [0.717, 1.165) is 5.56 Å². The summed E-state index contributed by atoms with van der Waals surface area (Å²) in [6.07, 6.45) is 0.616. The number of hydrogen-bond acceptors (Lipinski definition) is 3. The van der Waals surface area contributed by atoms with Crippen LogP contribution in [-0.4, -0.2) is 15.3 Å². The van der Waals surface area contributed by atoms with Crippen molar-refractivity contribution in [2.24, 2.45) is 0 Å². The predicted octanol–water partition coefficient (Wildman–Crippen LogP) is 3.21. The zero-order valence-corrected chi connectivity index (χ0v) is 11.2. The number of benzene rings is 1. The Morgan fingerprint density at radius 2 is 2.00 bits per heavy atom. The average Bonchev–Trinajstić information content (AvgIpc) is 2.25. The van der Waals surface area contributed by atoms with Crippen LogP contribution in [0.1, 0.15) is 32.0 Å². The van der Waals surface area contributed by atoms with Crippen molar-refractivity contribution < 1.29 is 9.50 Å². The fourth-order valence-electron chi connectivity index (χ4n) is 2.04. The molecule has 2 rings (SSSR count). The lowest BCUT2D eigenvalue weighted by Gasteiger charge is -2.20. The maximum Gasteiger partial charge on any atom is 0.152 e. The van der Waals surface area contributed by atoms with Gasteiger partial charge in [0.05, 0.1) is 5.69 Å². The first-order chi connectivity index (χ1) is 8.34. The van der Waals surface area contributed by atoms with Gasteiger partial charge in [0.2, 0.25) is 0 Å². The summed E-state index contributed by atoms with van der Waals surface area (Å²) in [6, 6.07) is 2.87. The van der Waals surface area contributed by atoms with E-state index in [1.807, 2.05) is 6.92 Å². The summed E-state index contributed by atoms with van der Waals surface area (Å²) in [5.74, 6) is -0.498. The minimum absolute atomic E-state index is 0.184. The molecule has 2 aromatic rings. The van der Waals surface area contributed by atoms with Crippen molar-refractivity contribution in [2.45, 2.75) is 32.8 Å². The van der Waals surface area contributed by atoms with Gasteiger partial charge in [-0.1, -0.05) is 18.5 Å². The average molecular weight is 269 g/mol. The van der Waals surface area contributed by atoms with E-state index < -0.39 is 11.4 Å². The lowest BCUT2D eigenvalue weighted by molar-refractivity contribution is 0.0721. The Labute approximate surface area is 110 Å². The summed E-state index contributed by atoms with van der Waals surface area (Å²) < 4.78 is 13.7. The molecule has 0 aliphatic carbocycles. The highest BCUT2D eigenvalue weighted by molar-refractivity contribution is 6.31. The number of aromatic nitrogens is 2. The van der Waals surface area contributed by atoms with Crippen LogP contribution >= 0.6 is 11.6 Å². The van der Waals surface area contributed by atoms with E-state index >= 15 is 0 Å². The lowest BCUT2D eigenvalue weighted by Crippen LogP contribution is -2.21. The second-order valence-corrected chi connectivity index (χ2v) is 5.16. The largest absolute Gasteiger partial charge is 0.384 e. The van der Waals surface area contributed by atoms with E-state index in [-0.39, 0.29) is 5.52 Å². The Bertz CT molecular complexity index is 608. The normalized spacial score (nSPS) is 12.1. The van der Waals surface area contributed by atoms with E-state index in [1.165, 1.54) is 6.07 Å². The Hall–Kier alpha value is -1.26. The monoisotopic (exact) mass is 268 g/mol. The van der Waals surface area contributed by atoms with Gasteiger partial charge < -0.3 is 5.11 Å². The molecule has 0 fully saturated rings. The number of rotatable bonds is 2. The van der Waals surface area contributed by atoms with E-state index in [4.69, 9.17) is 11.6 Å². The Morgan fingerprint density at radius 3 is 2.56 bits per heavy atom. The molecule has 1 heterocycles. The number of halogens is 2. The van der Waals surface area contributed by atoms with Crippen molar-refractivity contribution in [3.63, 3.8) is 0 Å². The highest BCUT2D eigenvalue weighted by Crippen LogP contribution is 2.30. The minimum Gasteiger partial charge on any atom is -0.384 e. The van der Waals surface area contributed by atoms with E-state index in [9.17, 15) is 9.50 Å². The van der Waals surface area contributed by atoms with Gasteiger partial charge in [0.15, 0.2) is 5.82 Å². The number of aryl methyl sites for hydroxylation is 1. The summed E-state index contributed by atoms with van der Waals surface area (Å²) in [4.78, 5) is 0. The van der Waals surface area contributed by atoms with Crippen molar-refractivity contribution in [1.82, 2.24) is 10.2 Å². The van der Waals surface area contributed by atoms with Gasteiger partial charge in [-0.2, -0.15) is 5.10 Å². The first kappa shape index (κ1) is 13.2. The molecule has 0 atom stereocenters. The van der Waals surface area contributed by atoms with E-state index in [0.29, 0.717) is 22.5 Å². The standard InChI is InChI=1S/C13H14ClFN2O/c1-4-8-9-5-7(14)6-10(15)11(9)16-17-12(8)13(2,3)18/h5-6,18H,4H2,1-3H3. The SMILES string of the molecule is CCc1c(C(C)(C)O)nnc2c(F)cc(Cl)cc12. The Morgan fingerprint density at radius 1 is 1.33 bits per heavy atom. The van der Waals surface area contributed by atoms with E-state index in [1.54, 1.807) is 19.9 Å². The highest BCUT2D eigenvalue weighted by Gasteiger charge is 2.24. The Balaban J connectivity index is 2.87. The molecule has 1 N–H and O–H groups in total. The summed E-state index contributed by atoms with van der Waals surface area (Å²) in [5.41, 5.74) is 0.294. The second kappa shape index (κ2) is 4.44. The fourth-order valence-corrected chi connectivity index (χ4v) is 2.24. The molecule has 0 amide bonds. The van der Waals surface area contributed by atoms with Crippen LogP contribution in [0.15, 0.2) is 12.1 Å². The molecule has 18 heavy (non-hydrogen) atoms. The molecule has 0 bridgehead atoms. The van der Waals surface area contributed by atoms with Crippen LogP contribution < -0.4 is 0 Å². The second-order valence-electron chi connectivity index (χ2n) is 4.72. The number of hydrogen-bond donors (Lipinski definition) is 1. The van der Waals surface area contributed by atoms with Gasteiger partial charge in [-0.25, -0.2) is 4.39 Å². The molecule has 1 aromatic heterocycles. The van der Waals surface area contributed by atoms with Gasteiger partial charge in [-0.05, 0) is 38.0 Å². The molecule has 0 aliphatic heterocycles. The third kappa shape index (κ3) is 2.18. The molecule has 0 unspecified atom stereocenters. The Kier molecular flexibility index (Phi) is 3.25. The van der Waals surface area contributed by atoms with Gasteiger partial charge >= 0.3 is 0 Å². The number of aliphatic hydroxyl groups is 1. The summed E-state index contributed by atoms with van der Waals surface area (Å²) in [5, 5.41) is 18.8. The fraction of sp³-hybridized carbons (Fsp3) is 0.385. The molecule has 0 radical (unpaired) electrons. The zero-order valence-electron chi connectivity index (χ0n) is 10.5. The molecular weight excluding hydrogens is 255 g/mol. The van der Waals surface area contributed by atoms with Gasteiger partial charge in [0.25, 0.3) is 0 Å². The molecular formula is C13H14ClFN2O. The maximum absolute atomic E-state index is 13.7. The summed E-state index contributed by atoms with van der Waals surface area (Å²) in [6.45, 7) is 5.18. The van der Waals surface area contributed by atoms with Gasteiger partial charge in [-0.15, -0.1) is 5.10 Å². The zero-order chi connectivity index (χ0) is 13.5. The van der Waals surface area contributed by atoms with Crippen LogP contribution in [0.25, 0.3) is 10.9 Å². The third-order valence-corrected chi connectivity index (χ3v) is 3.04. The molecule has 1 aromatic carbocycles. The first-order valence-electron chi connectivity index (χ1n) is 5.71. The molecule has 0 saturated carbocycles. The number of nitrogens with zero attached hydrogens (tertiary/aromatic N) is 2. The van der Waals surface area contributed by atoms with Crippen LogP contribution in [0.5, 0.6) is 0 Å². The molecule has 0 aliphatic rings. The molecule has 96 valence electrons. The van der Waals surface area contributed by atoms with Crippen LogP contribution in [0.3, 0.4) is 0 Å². The quantitative estimate of drug-likeness (QED) is 0.910. The molecule has 5 heteroatoms. The van der Waals surface area contributed by atoms with Crippen molar-refractivity contribution in [1.29, 1.82) is 0 Å². The smallest absolute Gasteiger partial charge is 0.152 e. The first-order valence-corrected chi connectivity index (χ1v) is 6.09. The molecule has 0 spiro atoms. The highest BCUT2D eigenvalue weighted by atomic mass is 35.5. The third-order valence-electron chi connectivity index (χ3n) is 2.82. The topological polar surface area (TPSA) is 46.0 Å². The van der Waals surface area contributed by atoms with Gasteiger partial charge in [0, 0.05) is 10.4 Å². The van der Waals surface area contributed by atoms with Crippen molar-refractivity contribution in [3.05, 3.63) is 34.2 Å². The van der Waals surface area contributed by atoms with Crippen molar-refractivity contribution in [3.8, 4) is 0 Å². The molecule has 0 saturated heterocycles. The van der Waals surface area contributed by atoms with Gasteiger partial charge in [-0.3, -0.25) is 0 Å². The van der Waals surface area contributed by atoms with E-state index in [2.05, 4.69) is 10.2 Å². The van der Waals surface area contributed by atoms with Crippen molar-refractivity contribution >= 4 is 22.5 Å². The van der Waals surface area contributed by atoms with Gasteiger partial charge in [0.1, 0.15) is 11.1 Å². The van der Waals surface area contributed by atoms with Crippen LogP contribution in [0.2, 0.25) is 5.02 Å². The van der Waals surface area contributed by atoms with Crippen LogP contribution in [0, 0.1) is 5.82 Å². The molecule has 3 nitrogen and oxygen atoms in total. The van der Waals surface area contributed by atoms with Crippen molar-refractivity contribution in [2.75, 3.05) is 0 Å². The minimum atomic E-state index is -1.12. The summed E-state index contributed by atoms with van der Waals surface area (Å²) in [7, 11) is 0. The van der Waals surface area contributed by atoms with Crippen LogP contribution in [0.4, 0.5) is 4.39 Å². The van der Waals surface area contributed by atoms with Crippen LogP contribution in [-0.2, 0) is 12.0 Å². The maximum atomic E-state index is 13.7. The summed E-state index contributed by atoms with van der Waals surface area (Å²) >= 11 is 5.87. The number of fused-ring (bicyclic) bond motifs is 1. The lowest BCUT2D eigenvalue weighted by atomic mass is 9.95. The predicted molar refractivity (Wildman–Crippen MR) is 69.1 cm³/mol.